The molecular weight excluding hydrogens is 236 g/mol. The van der Waals surface area contributed by atoms with E-state index in [1.165, 1.54) is 13.0 Å². The highest BCUT2D eigenvalue weighted by atomic mass is 15.1. The van der Waals surface area contributed by atoms with E-state index in [9.17, 15) is 0 Å². The zero-order valence-electron chi connectivity index (χ0n) is 11.5. The van der Waals surface area contributed by atoms with Gasteiger partial charge in [-0.3, -0.25) is 0 Å². The summed E-state index contributed by atoms with van der Waals surface area (Å²) in [5, 5.41) is 12.4. The van der Waals surface area contributed by atoms with Gasteiger partial charge in [-0.1, -0.05) is 6.92 Å². The number of likely N-dealkylation sites (tertiary alicyclic amines) is 1. The maximum Gasteiger partial charge on any atom is 0.0992 e. The summed E-state index contributed by atoms with van der Waals surface area (Å²) in [4.78, 5) is 2.51. The molecule has 0 saturated carbocycles. The van der Waals surface area contributed by atoms with E-state index in [0.717, 1.165) is 37.3 Å². The highest BCUT2D eigenvalue weighted by Gasteiger charge is 2.18. The van der Waals surface area contributed by atoms with Crippen molar-refractivity contribution in [1.82, 2.24) is 4.90 Å². The van der Waals surface area contributed by atoms with Crippen LogP contribution in [-0.2, 0) is 0 Å². The standard InChI is InChI=1S/C15H22N4/c1-2-7-19-8-5-13(6-9-19)18-15-10-12(11-16)3-4-14(15)17/h3-4,10,13,18H,2,5-9,17H2,1H3. The lowest BCUT2D eigenvalue weighted by Crippen LogP contribution is -2.39. The van der Waals surface area contributed by atoms with Crippen LogP contribution in [-0.4, -0.2) is 30.6 Å². The lowest BCUT2D eigenvalue weighted by molar-refractivity contribution is 0.219. The summed E-state index contributed by atoms with van der Waals surface area (Å²) < 4.78 is 0. The number of piperidine rings is 1. The molecule has 4 heteroatoms. The number of rotatable bonds is 4. The molecule has 1 aliphatic rings. The molecule has 1 heterocycles. The van der Waals surface area contributed by atoms with E-state index in [1.54, 1.807) is 12.1 Å². The molecule has 4 nitrogen and oxygen atoms in total. The maximum absolute atomic E-state index is 8.93. The molecule has 102 valence electrons. The number of nitrogen functional groups attached to an aromatic ring is 1. The SMILES string of the molecule is CCCN1CCC(Nc2cc(C#N)ccc2N)CC1. The third-order valence-electron chi connectivity index (χ3n) is 3.67. The lowest BCUT2D eigenvalue weighted by Gasteiger charge is -2.32. The number of nitrogens with zero attached hydrogens (tertiary/aromatic N) is 2. The van der Waals surface area contributed by atoms with Crippen LogP contribution < -0.4 is 11.1 Å². The van der Waals surface area contributed by atoms with Crippen molar-refractivity contribution < 1.29 is 0 Å². The Morgan fingerprint density at radius 2 is 2.16 bits per heavy atom. The van der Waals surface area contributed by atoms with Gasteiger partial charge in [0.25, 0.3) is 0 Å². The van der Waals surface area contributed by atoms with Crippen molar-refractivity contribution >= 4 is 11.4 Å². The summed E-state index contributed by atoms with van der Waals surface area (Å²) in [5.74, 6) is 0. The first-order valence-corrected chi connectivity index (χ1v) is 7.01. The smallest absolute Gasteiger partial charge is 0.0992 e. The van der Waals surface area contributed by atoms with Crippen molar-refractivity contribution in [3.05, 3.63) is 23.8 Å². The summed E-state index contributed by atoms with van der Waals surface area (Å²) in [5.41, 5.74) is 8.22. The van der Waals surface area contributed by atoms with Crippen LogP contribution >= 0.6 is 0 Å². The predicted octanol–water partition coefficient (Wildman–Crippen LogP) is 2.43. The van der Waals surface area contributed by atoms with Gasteiger partial charge in [-0.05, 0) is 44.0 Å². The molecule has 0 unspecified atom stereocenters. The largest absolute Gasteiger partial charge is 0.397 e. The molecule has 1 aromatic carbocycles. The Bertz CT molecular complexity index is 456. The fraction of sp³-hybridized carbons (Fsp3) is 0.533. The molecule has 0 amide bonds. The molecule has 0 spiro atoms. The van der Waals surface area contributed by atoms with Crippen molar-refractivity contribution in [3.8, 4) is 6.07 Å². The number of hydrogen-bond acceptors (Lipinski definition) is 4. The van der Waals surface area contributed by atoms with Crippen LogP contribution in [0.2, 0.25) is 0 Å². The van der Waals surface area contributed by atoms with Crippen molar-refractivity contribution in [2.24, 2.45) is 0 Å². The summed E-state index contributed by atoms with van der Waals surface area (Å²) in [7, 11) is 0. The van der Waals surface area contributed by atoms with E-state index >= 15 is 0 Å². The highest BCUT2D eigenvalue weighted by molar-refractivity contribution is 5.68. The molecule has 1 fully saturated rings. The highest BCUT2D eigenvalue weighted by Crippen LogP contribution is 2.23. The van der Waals surface area contributed by atoms with Crippen LogP contribution in [0.15, 0.2) is 18.2 Å². The Kier molecular flexibility index (Phi) is 4.64. The minimum Gasteiger partial charge on any atom is -0.397 e. The van der Waals surface area contributed by atoms with Crippen LogP contribution in [0.25, 0.3) is 0 Å². The second kappa shape index (κ2) is 6.44. The fourth-order valence-corrected chi connectivity index (χ4v) is 2.59. The average molecular weight is 258 g/mol. The van der Waals surface area contributed by atoms with E-state index in [-0.39, 0.29) is 0 Å². The first-order valence-electron chi connectivity index (χ1n) is 7.01. The lowest BCUT2D eigenvalue weighted by atomic mass is 10.0. The maximum atomic E-state index is 8.93. The van der Waals surface area contributed by atoms with Crippen molar-refractivity contribution in [2.75, 3.05) is 30.7 Å². The van der Waals surface area contributed by atoms with Gasteiger partial charge in [-0.2, -0.15) is 5.26 Å². The van der Waals surface area contributed by atoms with Crippen LogP contribution in [0.3, 0.4) is 0 Å². The van der Waals surface area contributed by atoms with Gasteiger partial charge in [0, 0.05) is 19.1 Å². The minimum atomic E-state index is 0.462. The summed E-state index contributed by atoms with van der Waals surface area (Å²) >= 11 is 0. The van der Waals surface area contributed by atoms with Gasteiger partial charge in [-0.15, -0.1) is 0 Å². The topological polar surface area (TPSA) is 65.1 Å². The molecule has 0 aliphatic carbocycles. The van der Waals surface area contributed by atoms with Crippen LogP contribution in [0.1, 0.15) is 31.7 Å². The molecule has 1 aliphatic heterocycles. The van der Waals surface area contributed by atoms with Crippen LogP contribution in [0.5, 0.6) is 0 Å². The fourth-order valence-electron chi connectivity index (χ4n) is 2.59. The predicted molar refractivity (Wildman–Crippen MR) is 78.9 cm³/mol. The van der Waals surface area contributed by atoms with Gasteiger partial charge in [0.1, 0.15) is 0 Å². The molecule has 2 rings (SSSR count). The van der Waals surface area contributed by atoms with Crippen molar-refractivity contribution in [3.63, 3.8) is 0 Å². The third kappa shape index (κ3) is 3.62. The second-order valence-corrected chi connectivity index (χ2v) is 5.17. The Morgan fingerprint density at radius 1 is 1.42 bits per heavy atom. The second-order valence-electron chi connectivity index (χ2n) is 5.17. The van der Waals surface area contributed by atoms with Gasteiger partial charge in [0.15, 0.2) is 0 Å². The summed E-state index contributed by atoms with van der Waals surface area (Å²) in [6.45, 7) is 5.70. The van der Waals surface area contributed by atoms with E-state index in [4.69, 9.17) is 11.0 Å². The van der Waals surface area contributed by atoms with Crippen LogP contribution in [0, 0.1) is 11.3 Å². The van der Waals surface area contributed by atoms with E-state index in [0.29, 0.717) is 11.6 Å². The molecule has 3 N–H and O–H groups in total. The molecule has 19 heavy (non-hydrogen) atoms. The number of nitrogens with one attached hydrogen (secondary N) is 1. The molecular formula is C15H22N4. The number of nitrogens with two attached hydrogens (primary N) is 1. The molecule has 0 radical (unpaired) electrons. The molecule has 0 atom stereocenters. The van der Waals surface area contributed by atoms with E-state index in [2.05, 4.69) is 23.2 Å². The van der Waals surface area contributed by atoms with Gasteiger partial charge < -0.3 is 16.0 Å². The normalized spacial score (nSPS) is 17.1. The summed E-state index contributed by atoms with van der Waals surface area (Å²) in [6, 6.07) is 8.01. The van der Waals surface area contributed by atoms with Gasteiger partial charge in [-0.25, -0.2) is 0 Å². The minimum absolute atomic E-state index is 0.462. The van der Waals surface area contributed by atoms with Gasteiger partial charge in [0.2, 0.25) is 0 Å². The first-order chi connectivity index (χ1) is 9.22. The third-order valence-corrected chi connectivity index (χ3v) is 3.67. The Balaban J connectivity index is 1.94. The summed E-state index contributed by atoms with van der Waals surface area (Å²) in [6.07, 6.45) is 3.49. The number of anilines is 2. The van der Waals surface area contributed by atoms with E-state index < -0.39 is 0 Å². The zero-order chi connectivity index (χ0) is 13.7. The van der Waals surface area contributed by atoms with Crippen molar-refractivity contribution in [1.29, 1.82) is 5.26 Å². The number of nitriles is 1. The van der Waals surface area contributed by atoms with E-state index in [1.807, 2.05) is 6.07 Å². The number of benzene rings is 1. The zero-order valence-corrected chi connectivity index (χ0v) is 11.5. The molecule has 0 bridgehead atoms. The monoisotopic (exact) mass is 258 g/mol. The Labute approximate surface area is 115 Å². The van der Waals surface area contributed by atoms with Gasteiger partial charge in [0.05, 0.1) is 23.0 Å². The van der Waals surface area contributed by atoms with Crippen LogP contribution in [0.4, 0.5) is 11.4 Å². The first kappa shape index (κ1) is 13.7. The molecule has 1 saturated heterocycles. The average Bonchev–Trinajstić information content (AvgIpc) is 2.44. The Hall–Kier alpha value is -1.73. The molecule has 1 aromatic rings. The van der Waals surface area contributed by atoms with Crippen molar-refractivity contribution in [2.45, 2.75) is 32.2 Å². The number of hydrogen-bond donors (Lipinski definition) is 2. The quantitative estimate of drug-likeness (QED) is 0.814. The Morgan fingerprint density at radius 3 is 2.79 bits per heavy atom. The molecule has 0 aromatic heterocycles. The van der Waals surface area contributed by atoms with Gasteiger partial charge >= 0.3 is 0 Å².